The Morgan fingerprint density at radius 1 is 0.912 bits per heavy atom. The number of quaternary nitrogens is 1. The number of nitrogens with zero attached hydrogens (tertiary/aromatic N) is 2. The molecule has 5 aromatic rings. The van der Waals surface area contributed by atoms with Crippen LogP contribution in [-0.4, -0.2) is 9.97 Å². The van der Waals surface area contributed by atoms with Crippen molar-refractivity contribution in [1.29, 1.82) is 0 Å². The number of hydrogen-bond acceptors (Lipinski definition) is 6. The van der Waals surface area contributed by atoms with Gasteiger partial charge in [0.25, 0.3) is 0 Å². The maximum atomic E-state index is 6.02. The van der Waals surface area contributed by atoms with Crippen LogP contribution in [-0.2, 0) is 0 Å². The molecular formula is C26H19ClN5OS+. The molecule has 8 heteroatoms. The second-order valence-corrected chi connectivity index (χ2v) is 9.23. The highest BCUT2D eigenvalue weighted by Gasteiger charge is 2.16. The van der Waals surface area contributed by atoms with E-state index in [-0.39, 0.29) is 0 Å². The van der Waals surface area contributed by atoms with E-state index in [0.717, 1.165) is 54.2 Å². The van der Waals surface area contributed by atoms with Gasteiger partial charge < -0.3 is 9.73 Å². The van der Waals surface area contributed by atoms with Crippen molar-refractivity contribution in [2.45, 2.75) is 9.79 Å². The van der Waals surface area contributed by atoms with Gasteiger partial charge in [-0.2, -0.15) is 5.43 Å². The number of benzene rings is 2. The van der Waals surface area contributed by atoms with Crippen LogP contribution in [0.25, 0.3) is 22.6 Å². The molecule has 166 valence electrons. The Bertz CT molecular complexity index is 1610. The summed E-state index contributed by atoms with van der Waals surface area (Å²) in [5.41, 5.74) is 9.85. The van der Waals surface area contributed by atoms with Gasteiger partial charge in [-0.15, -0.1) is 0 Å². The number of nitrogens with one attached hydrogen (secondary N) is 2. The highest BCUT2D eigenvalue weighted by Crippen LogP contribution is 2.33. The van der Waals surface area contributed by atoms with E-state index in [9.17, 15) is 0 Å². The molecule has 0 atom stereocenters. The van der Waals surface area contributed by atoms with E-state index in [1.165, 1.54) is 0 Å². The first-order chi connectivity index (χ1) is 16.7. The second kappa shape index (κ2) is 8.87. The summed E-state index contributed by atoms with van der Waals surface area (Å²) in [5.74, 6) is 0.986. The first kappa shape index (κ1) is 20.8. The predicted molar refractivity (Wildman–Crippen MR) is 134 cm³/mol. The van der Waals surface area contributed by atoms with E-state index in [1.807, 2.05) is 41.8 Å². The van der Waals surface area contributed by atoms with E-state index in [2.05, 4.69) is 57.1 Å². The van der Waals surface area contributed by atoms with Crippen LogP contribution < -0.4 is 26.6 Å². The minimum absolute atomic E-state index is 0.616. The van der Waals surface area contributed by atoms with Crippen LogP contribution >= 0.6 is 23.4 Å². The van der Waals surface area contributed by atoms with E-state index in [0.29, 0.717) is 5.02 Å². The molecule has 0 bridgehead atoms. The Morgan fingerprint density at radius 2 is 1.76 bits per heavy atom. The summed E-state index contributed by atoms with van der Waals surface area (Å²) in [7, 11) is 0. The average Bonchev–Trinajstić information content (AvgIpc) is 3.36. The largest absolute Gasteiger partial charge is 0.461 e. The van der Waals surface area contributed by atoms with Crippen molar-refractivity contribution in [3.8, 4) is 0 Å². The topological polar surface area (TPSA) is 79.6 Å². The second-order valence-electron chi connectivity index (χ2n) is 7.68. The summed E-state index contributed by atoms with van der Waals surface area (Å²) in [5, 5.41) is 6.34. The van der Waals surface area contributed by atoms with Gasteiger partial charge in [0.2, 0.25) is 5.82 Å². The third-order valence-electron chi connectivity index (χ3n) is 5.50. The average molecular weight is 485 g/mol. The van der Waals surface area contributed by atoms with Crippen molar-refractivity contribution in [1.82, 2.24) is 15.4 Å². The van der Waals surface area contributed by atoms with Crippen LogP contribution in [0, 0.1) is 0 Å². The molecule has 0 spiro atoms. The molecular weight excluding hydrogens is 466 g/mol. The number of furan rings is 1. The molecule has 0 fully saturated rings. The molecule has 0 saturated carbocycles. The molecule has 0 aliphatic carbocycles. The first-order valence-corrected chi connectivity index (χ1v) is 11.9. The molecule has 3 aromatic heterocycles. The van der Waals surface area contributed by atoms with Gasteiger partial charge in [-0.25, -0.2) is 5.43 Å². The standard InChI is InChI=1S/C26H18ClN5OS/c27-16-5-10-21(29-15-16)24-19-3-1-2-4-20(19)26(32-31-24)30-17-6-8-18(9-7-17)34-23-11-13-28-22-12-14-33-25(22)23/h1-15,30-32H/p+1. The fraction of sp³-hybridized carbons (Fsp3) is 0. The Hall–Kier alpha value is -3.78. The van der Waals surface area contributed by atoms with Crippen molar-refractivity contribution < 1.29 is 9.84 Å². The predicted octanol–water partition coefficient (Wildman–Crippen LogP) is 3.44. The van der Waals surface area contributed by atoms with Crippen LogP contribution in [0.1, 0.15) is 5.69 Å². The monoisotopic (exact) mass is 484 g/mol. The summed E-state index contributed by atoms with van der Waals surface area (Å²) >= 11 is 7.67. The molecule has 4 heterocycles. The quantitative estimate of drug-likeness (QED) is 0.332. The van der Waals surface area contributed by atoms with Crippen molar-refractivity contribution in [2.24, 2.45) is 0 Å². The van der Waals surface area contributed by atoms with Crippen LogP contribution in [0.4, 0.5) is 5.69 Å². The van der Waals surface area contributed by atoms with E-state index < -0.39 is 0 Å². The zero-order valence-electron chi connectivity index (χ0n) is 17.8. The van der Waals surface area contributed by atoms with Gasteiger partial charge >= 0.3 is 0 Å². The number of pyridine rings is 2. The molecule has 2 aromatic carbocycles. The van der Waals surface area contributed by atoms with Crippen LogP contribution in [0.2, 0.25) is 5.02 Å². The first-order valence-electron chi connectivity index (χ1n) is 10.7. The van der Waals surface area contributed by atoms with Gasteiger partial charge in [0.15, 0.2) is 5.58 Å². The highest BCUT2D eigenvalue weighted by molar-refractivity contribution is 7.99. The summed E-state index contributed by atoms with van der Waals surface area (Å²) in [6.07, 6.45) is 5.14. The van der Waals surface area contributed by atoms with Gasteiger partial charge in [-0.05, 0) is 48.5 Å². The third-order valence-corrected chi connectivity index (χ3v) is 6.77. The minimum atomic E-state index is 0.616. The van der Waals surface area contributed by atoms with Crippen molar-refractivity contribution in [2.75, 3.05) is 5.32 Å². The van der Waals surface area contributed by atoms with Gasteiger partial charge in [-0.3, -0.25) is 9.97 Å². The zero-order chi connectivity index (χ0) is 22.9. The number of nitrogens with two attached hydrogens (primary N) is 1. The van der Waals surface area contributed by atoms with Crippen LogP contribution in [0.3, 0.4) is 0 Å². The van der Waals surface area contributed by atoms with Gasteiger partial charge in [0.1, 0.15) is 11.2 Å². The van der Waals surface area contributed by atoms with E-state index in [1.54, 1.807) is 30.4 Å². The number of aromatic nitrogens is 2. The molecule has 0 saturated heterocycles. The summed E-state index contributed by atoms with van der Waals surface area (Å²) in [4.78, 5) is 11.0. The van der Waals surface area contributed by atoms with Crippen LogP contribution in [0.15, 0.2) is 106 Å². The van der Waals surface area contributed by atoms with Gasteiger partial charge in [0, 0.05) is 34.3 Å². The number of halogens is 1. The molecule has 4 N–H and O–H groups in total. The maximum Gasteiger partial charge on any atom is 0.235 e. The normalized spacial score (nSPS) is 13.0. The minimum Gasteiger partial charge on any atom is -0.461 e. The molecule has 0 radical (unpaired) electrons. The molecule has 34 heavy (non-hydrogen) atoms. The van der Waals surface area contributed by atoms with E-state index in [4.69, 9.17) is 16.0 Å². The Morgan fingerprint density at radius 3 is 2.59 bits per heavy atom. The lowest BCUT2D eigenvalue weighted by Gasteiger charge is -2.17. The Kier molecular flexibility index (Phi) is 5.43. The van der Waals surface area contributed by atoms with Crippen molar-refractivity contribution in [3.63, 3.8) is 0 Å². The van der Waals surface area contributed by atoms with Crippen LogP contribution in [0.5, 0.6) is 0 Å². The number of anilines is 1. The lowest BCUT2D eigenvalue weighted by atomic mass is 10.1. The SMILES string of the molecule is Clc1ccc(C2=c3ccccc3=C(Nc3ccc(Sc4ccnc5ccoc45)cc3)[NH2+]N2)nc1. The highest BCUT2D eigenvalue weighted by atomic mass is 35.5. The fourth-order valence-electron chi connectivity index (χ4n) is 3.89. The lowest BCUT2D eigenvalue weighted by molar-refractivity contribution is -0.614. The number of hydrogen-bond donors (Lipinski definition) is 3. The molecule has 0 unspecified atom stereocenters. The lowest BCUT2D eigenvalue weighted by Crippen LogP contribution is -2.94. The fourth-order valence-corrected chi connectivity index (χ4v) is 4.91. The molecule has 0 amide bonds. The molecule has 1 aliphatic rings. The molecule has 6 rings (SSSR count). The van der Waals surface area contributed by atoms with Crippen molar-refractivity contribution in [3.05, 3.63) is 113 Å². The summed E-state index contributed by atoms with van der Waals surface area (Å²) in [6, 6.07) is 24.2. The molecule has 1 aliphatic heterocycles. The van der Waals surface area contributed by atoms with Gasteiger partial charge in [-0.1, -0.05) is 41.6 Å². The summed E-state index contributed by atoms with van der Waals surface area (Å²) in [6.45, 7) is 0. The smallest absolute Gasteiger partial charge is 0.235 e. The van der Waals surface area contributed by atoms with Gasteiger partial charge in [0.05, 0.1) is 27.1 Å². The molecule has 6 nitrogen and oxygen atoms in total. The zero-order valence-corrected chi connectivity index (χ0v) is 19.4. The van der Waals surface area contributed by atoms with E-state index >= 15 is 0 Å². The number of rotatable bonds is 5. The van der Waals surface area contributed by atoms with Crippen molar-refractivity contribution >= 4 is 51.7 Å². The summed E-state index contributed by atoms with van der Waals surface area (Å²) < 4.78 is 5.60. The Balaban J connectivity index is 1.30. The number of fused-ring (bicyclic) bond motifs is 2. The maximum absolute atomic E-state index is 6.02. The Labute approximate surface area is 204 Å². The third kappa shape index (κ3) is 4.01.